The van der Waals surface area contributed by atoms with Crippen LogP contribution in [-0.4, -0.2) is 24.5 Å². The Balaban J connectivity index is 1.72. The molecular weight excluding hydrogens is 550 g/mol. The predicted molar refractivity (Wildman–Crippen MR) is 135 cm³/mol. The molecule has 1 fully saturated rings. The number of amides is 4. The van der Waals surface area contributed by atoms with E-state index in [0.717, 1.165) is 19.6 Å². The Hall–Kier alpha value is -3.53. The summed E-state index contributed by atoms with van der Waals surface area (Å²) in [5.74, 6) is -1.22. The Morgan fingerprint density at radius 2 is 1.79 bits per heavy atom. The fourth-order valence-corrected chi connectivity index (χ4v) is 4.47. The number of carbonyl (C=O) groups excluding carboxylic acids is 3. The lowest BCUT2D eigenvalue weighted by atomic mass is 10.0. The highest BCUT2D eigenvalue weighted by molar-refractivity contribution is 14.1. The van der Waals surface area contributed by atoms with Crippen LogP contribution in [0.25, 0.3) is 6.08 Å². The van der Waals surface area contributed by atoms with Gasteiger partial charge in [0.25, 0.3) is 11.8 Å². The Morgan fingerprint density at radius 1 is 1.03 bits per heavy atom. The number of nitrogens with zero attached hydrogens (tertiary/aromatic N) is 1. The van der Waals surface area contributed by atoms with E-state index in [1.165, 1.54) is 18.2 Å². The van der Waals surface area contributed by atoms with Crippen LogP contribution < -0.4 is 15.0 Å². The highest BCUT2D eigenvalue weighted by Gasteiger charge is 2.36. The van der Waals surface area contributed by atoms with Crippen molar-refractivity contribution in [2.24, 2.45) is 0 Å². The molecular formula is C26H20FIN2O4. The number of nitrogens with one attached hydrogen (secondary N) is 1. The van der Waals surface area contributed by atoms with Gasteiger partial charge in [0.15, 0.2) is 0 Å². The van der Waals surface area contributed by atoms with Crippen molar-refractivity contribution >= 4 is 52.2 Å². The van der Waals surface area contributed by atoms with Crippen molar-refractivity contribution in [2.75, 3.05) is 11.5 Å². The van der Waals surface area contributed by atoms with E-state index in [-0.39, 0.29) is 11.4 Å². The molecule has 4 amide bonds. The molecule has 0 spiro atoms. The Morgan fingerprint density at radius 3 is 2.50 bits per heavy atom. The molecule has 0 radical (unpaired) electrons. The van der Waals surface area contributed by atoms with Crippen LogP contribution in [0.15, 0.2) is 72.3 Å². The Kier molecular flexibility index (Phi) is 7.06. The number of para-hydroxylation sites is 1. The lowest BCUT2D eigenvalue weighted by molar-refractivity contribution is -0.122. The smallest absolute Gasteiger partial charge is 0.335 e. The third kappa shape index (κ3) is 5.01. The van der Waals surface area contributed by atoms with Gasteiger partial charge in [-0.15, -0.1) is 0 Å². The van der Waals surface area contributed by atoms with Gasteiger partial charge in [-0.3, -0.25) is 14.9 Å². The molecule has 4 rings (SSSR count). The molecule has 172 valence electrons. The number of carbonyl (C=O) groups is 3. The molecule has 8 heteroatoms. The second-order valence-electron chi connectivity index (χ2n) is 7.51. The van der Waals surface area contributed by atoms with Gasteiger partial charge in [-0.05, 0) is 83.1 Å². The quantitative estimate of drug-likeness (QED) is 0.255. The summed E-state index contributed by atoms with van der Waals surface area (Å²) < 4.78 is 20.3. The molecule has 3 aromatic carbocycles. The van der Waals surface area contributed by atoms with Crippen LogP contribution in [0.4, 0.5) is 14.9 Å². The van der Waals surface area contributed by atoms with Gasteiger partial charge in [0.2, 0.25) is 0 Å². The minimum Gasteiger partial charge on any atom is -0.494 e. The summed E-state index contributed by atoms with van der Waals surface area (Å²) in [6.45, 7) is 2.26. The largest absolute Gasteiger partial charge is 0.494 e. The number of barbiturate groups is 1. The van der Waals surface area contributed by atoms with E-state index in [2.05, 4.69) is 27.9 Å². The third-order valence-corrected chi connectivity index (χ3v) is 6.14. The number of ether oxygens (including phenoxy) is 1. The number of rotatable bonds is 6. The fraction of sp³-hybridized carbons (Fsp3) is 0.115. The third-order valence-electron chi connectivity index (χ3n) is 5.17. The van der Waals surface area contributed by atoms with Gasteiger partial charge in [0, 0.05) is 15.6 Å². The van der Waals surface area contributed by atoms with Crippen LogP contribution in [0.5, 0.6) is 5.75 Å². The molecule has 0 aliphatic carbocycles. The van der Waals surface area contributed by atoms with Crippen molar-refractivity contribution < 1.29 is 23.5 Å². The molecule has 3 aromatic rings. The first kappa shape index (κ1) is 23.6. The van der Waals surface area contributed by atoms with Gasteiger partial charge in [-0.2, -0.15) is 0 Å². The Bertz CT molecular complexity index is 1310. The van der Waals surface area contributed by atoms with E-state index in [4.69, 9.17) is 4.74 Å². The molecule has 0 saturated carbocycles. The zero-order chi connectivity index (χ0) is 24.2. The molecule has 34 heavy (non-hydrogen) atoms. The number of halogens is 2. The van der Waals surface area contributed by atoms with Crippen molar-refractivity contribution in [1.29, 1.82) is 0 Å². The average molecular weight is 570 g/mol. The number of imide groups is 2. The summed E-state index contributed by atoms with van der Waals surface area (Å²) in [6, 6.07) is 17.5. The lowest BCUT2D eigenvalue weighted by Gasteiger charge is -2.26. The van der Waals surface area contributed by atoms with Gasteiger partial charge < -0.3 is 4.74 Å². The number of anilines is 1. The van der Waals surface area contributed by atoms with Gasteiger partial charge >= 0.3 is 6.03 Å². The minimum absolute atomic E-state index is 0.167. The second kappa shape index (κ2) is 10.2. The van der Waals surface area contributed by atoms with Gasteiger partial charge in [-0.25, -0.2) is 14.1 Å². The number of hydrogen-bond acceptors (Lipinski definition) is 4. The van der Waals surface area contributed by atoms with Crippen LogP contribution in [0.3, 0.4) is 0 Å². The maximum Gasteiger partial charge on any atom is 0.335 e. The van der Waals surface area contributed by atoms with E-state index >= 15 is 0 Å². The van der Waals surface area contributed by atoms with E-state index in [1.807, 2.05) is 19.1 Å². The molecule has 1 N–H and O–H groups in total. The van der Waals surface area contributed by atoms with Crippen molar-refractivity contribution in [2.45, 2.75) is 13.3 Å². The van der Waals surface area contributed by atoms with E-state index < -0.39 is 17.8 Å². The van der Waals surface area contributed by atoms with Crippen LogP contribution in [0, 0.1) is 9.39 Å². The van der Waals surface area contributed by atoms with Crippen molar-refractivity contribution in [3.63, 3.8) is 0 Å². The summed E-state index contributed by atoms with van der Waals surface area (Å²) in [6.07, 6.45) is 1.90. The SMILES string of the molecule is CCOc1cc(/C=C2\C(=O)NC(=O)N(c3ccccc3)C2=O)cc(I)c1Cc1cccc(F)c1. The second-order valence-corrected chi connectivity index (χ2v) is 8.67. The molecule has 0 aromatic heterocycles. The van der Waals surface area contributed by atoms with Crippen LogP contribution in [-0.2, 0) is 16.0 Å². The predicted octanol–water partition coefficient (Wildman–Crippen LogP) is 5.09. The molecule has 0 atom stereocenters. The van der Waals surface area contributed by atoms with Crippen LogP contribution in [0.2, 0.25) is 0 Å². The van der Waals surface area contributed by atoms with Gasteiger partial charge in [0.05, 0.1) is 12.3 Å². The Labute approximate surface area is 209 Å². The monoisotopic (exact) mass is 570 g/mol. The lowest BCUT2D eigenvalue weighted by Crippen LogP contribution is -2.54. The summed E-state index contributed by atoms with van der Waals surface area (Å²) in [5.41, 5.74) is 2.43. The molecule has 1 saturated heterocycles. The molecule has 0 bridgehead atoms. The van der Waals surface area contributed by atoms with Crippen LogP contribution in [0.1, 0.15) is 23.6 Å². The first-order valence-corrected chi connectivity index (χ1v) is 11.6. The molecule has 1 aliphatic heterocycles. The van der Waals surface area contributed by atoms with E-state index in [0.29, 0.717) is 30.0 Å². The maximum absolute atomic E-state index is 13.7. The molecule has 1 aliphatic rings. The topological polar surface area (TPSA) is 75.7 Å². The number of benzene rings is 3. The standard InChI is InChI=1S/C26H20FIN2O4/c1-2-34-23-15-17(14-22(28)20(23)12-16-7-6-8-18(27)11-16)13-21-24(31)29-26(33)30(25(21)32)19-9-4-3-5-10-19/h3-11,13-15H,2,12H2,1H3,(H,29,31,33)/b21-13+. The summed E-state index contributed by atoms with van der Waals surface area (Å²) in [7, 11) is 0. The van der Waals surface area contributed by atoms with Crippen LogP contribution >= 0.6 is 22.6 Å². The molecule has 6 nitrogen and oxygen atoms in total. The van der Waals surface area contributed by atoms with E-state index in [9.17, 15) is 18.8 Å². The van der Waals surface area contributed by atoms with Gasteiger partial charge in [0.1, 0.15) is 17.1 Å². The maximum atomic E-state index is 13.7. The van der Waals surface area contributed by atoms with Crippen molar-refractivity contribution in [1.82, 2.24) is 5.32 Å². The summed E-state index contributed by atoms with van der Waals surface area (Å²) in [5, 5.41) is 2.22. The number of hydrogen-bond donors (Lipinski definition) is 1. The summed E-state index contributed by atoms with van der Waals surface area (Å²) >= 11 is 2.16. The first-order chi connectivity index (χ1) is 16.4. The van der Waals surface area contributed by atoms with E-state index in [1.54, 1.807) is 42.5 Å². The normalized spacial score (nSPS) is 15.0. The summed E-state index contributed by atoms with van der Waals surface area (Å²) in [4.78, 5) is 38.9. The average Bonchev–Trinajstić information content (AvgIpc) is 2.80. The highest BCUT2D eigenvalue weighted by Crippen LogP contribution is 2.31. The zero-order valence-corrected chi connectivity index (χ0v) is 20.3. The van der Waals surface area contributed by atoms with Crippen molar-refractivity contribution in [3.05, 3.63) is 98.4 Å². The minimum atomic E-state index is -0.798. The molecule has 1 heterocycles. The zero-order valence-electron chi connectivity index (χ0n) is 18.2. The fourth-order valence-electron chi connectivity index (χ4n) is 3.66. The molecule has 0 unspecified atom stereocenters. The number of urea groups is 1. The first-order valence-electron chi connectivity index (χ1n) is 10.5. The van der Waals surface area contributed by atoms with Gasteiger partial charge in [-0.1, -0.05) is 30.3 Å². The highest BCUT2D eigenvalue weighted by atomic mass is 127. The van der Waals surface area contributed by atoms with Crippen molar-refractivity contribution in [3.8, 4) is 5.75 Å².